The predicted molar refractivity (Wildman–Crippen MR) is 50.2 cm³/mol. The van der Waals surface area contributed by atoms with Crippen LogP contribution in [0.4, 0.5) is 0 Å². The average Bonchev–Trinajstić information content (AvgIpc) is 2.05. The quantitative estimate of drug-likeness (QED) is 0.608. The maximum atomic E-state index is 8.73. The summed E-state index contributed by atoms with van der Waals surface area (Å²) >= 11 is 5.88. The molecule has 1 rings (SSSR count). The van der Waals surface area contributed by atoms with Gasteiger partial charge in [-0.25, -0.2) is 0 Å². The van der Waals surface area contributed by atoms with Crippen LogP contribution in [0.15, 0.2) is 18.2 Å². The molecule has 2 heteroatoms. The van der Waals surface area contributed by atoms with Gasteiger partial charge in [0, 0.05) is 0 Å². The van der Waals surface area contributed by atoms with E-state index < -0.39 is 0 Å². The Hall–Kier alpha value is -1.00. The highest BCUT2D eigenvalue weighted by molar-refractivity contribution is 6.20. The first kappa shape index (κ1) is 9.09. The molecule has 0 N–H and O–H groups in total. The fourth-order valence-electron chi connectivity index (χ4n) is 1.01. The van der Waals surface area contributed by atoms with Gasteiger partial charge in [0.05, 0.1) is 17.0 Å². The molecule has 1 nitrogen and oxygen atoms in total. The zero-order valence-electron chi connectivity index (χ0n) is 7.13. The van der Waals surface area contributed by atoms with Crippen LogP contribution in [0.3, 0.4) is 0 Å². The van der Waals surface area contributed by atoms with Crippen molar-refractivity contribution in [1.82, 2.24) is 0 Å². The Morgan fingerprint density at radius 3 is 2.67 bits per heavy atom. The van der Waals surface area contributed by atoms with E-state index in [0.717, 1.165) is 11.1 Å². The highest BCUT2D eigenvalue weighted by Crippen LogP contribution is 2.21. The molecule has 0 bridgehead atoms. The third-order valence-electron chi connectivity index (χ3n) is 1.84. The second-order valence-electron chi connectivity index (χ2n) is 2.80. The van der Waals surface area contributed by atoms with Crippen LogP contribution in [0.25, 0.3) is 0 Å². The second kappa shape index (κ2) is 3.60. The summed E-state index contributed by atoms with van der Waals surface area (Å²) in [6.07, 6.45) is 0. The number of benzene rings is 1. The summed E-state index contributed by atoms with van der Waals surface area (Å²) in [6.45, 7) is 3.81. The summed E-state index contributed by atoms with van der Waals surface area (Å²) < 4.78 is 0. The van der Waals surface area contributed by atoms with E-state index >= 15 is 0 Å². The molecule has 0 saturated carbocycles. The lowest BCUT2D eigenvalue weighted by Crippen LogP contribution is -1.88. The Bertz CT molecular complexity index is 323. The molecule has 0 amide bonds. The number of nitrogens with zero attached hydrogens (tertiary/aromatic N) is 1. The summed E-state index contributed by atoms with van der Waals surface area (Å²) in [4.78, 5) is 0. The van der Waals surface area contributed by atoms with Gasteiger partial charge in [-0.2, -0.15) is 5.26 Å². The van der Waals surface area contributed by atoms with Gasteiger partial charge >= 0.3 is 0 Å². The molecule has 0 aliphatic heterocycles. The average molecular weight is 180 g/mol. The normalized spacial score (nSPS) is 12.2. The zero-order chi connectivity index (χ0) is 9.14. The maximum absolute atomic E-state index is 8.73. The van der Waals surface area contributed by atoms with E-state index in [0.29, 0.717) is 5.56 Å². The van der Waals surface area contributed by atoms with Crippen molar-refractivity contribution in [1.29, 1.82) is 5.26 Å². The van der Waals surface area contributed by atoms with E-state index in [1.165, 1.54) is 0 Å². The van der Waals surface area contributed by atoms with Crippen molar-refractivity contribution in [3.8, 4) is 6.07 Å². The summed E-state index contributed by atoms with van der Waals surface area (Å²) in [5, 5.41) is 8.70. The van der Waals surface area contributed by atoms with Gasteiger partial charge < -0.3 is 0 Å². The van der Waals surface area contributed by atoms with Crippen LogP contribution in [0, 0.1) is 18.3 Å². The summed E-state index contributed by atoms with van der Waals surface area (Å²) in [5.74, 6) is 0. The first-order chi connectivity index (χ1) is 5.65. The van der Waals surface area contributed by atoms with Gasteiger partial charge in [0.25, 0.3) is 0 Å². The fraction of sp³-hybridized carbons (Fsp3) is 0.300. The summed E-state index contributed by atoms with van der Waals surface area (Å²) in [6, 6.07) is 7.85. The van der Waals surface area contributed by atoms with Crippen molar-refractivity contribution in [3.05, 3.63) is 34.9 Å². The molecule has 0 saturated heterocycles. The first-order valence-electron chi connectivity index (χ1n) is 3.80. The number of nitriles is 1. The van der Waals surface area contributed by atoms with Gasteiger partial charge in [0.15, 0.2) is 0 Å². The molecular weight excluding hydrogens is 170 g/mol. The van der Waals surface area contributed by atoms with Crippen LogP contribution >= 0.6 is 11.6 Å². The molecule has 1 aromatic rings. The molecule has 0 radical (unpaired) electrons. The predicted octanol–water partition coefficient (Wildman–Crippen LogP) is 3.17. The van der Waals surface area contributed by atoms with Crippen molar-refractivity contribution in [2.75, 3.05) is 0 Å². The van der Waals surface area contributed by atoms with E-state index in [1.807, 2.05) is 32.0 Å². The smallest absolute Gasteiger partial charge is 0.0994 e. The molecule has 1 aromatic carbocycles. The van der Waals surface area contributed by atoms with E-state index in [9.17, 15) is 0 Å². The summed E-state index contributed by atoms with van der Waals surface area (Å²) in [5.41, 5.74) is 2.71. The van der Waals surface area contributed by atoms with Crippen LogP contribution in [0.5, 0.6) is 0 Å². The van der Waals surface area contributed by atoms with Gasteiger partial charge in [-0.15, -0.1) is 11.6 Å². The van der Waals surface area contributed by atoms with Crippen molar-refractivity contribution in [2.24, 2.45) is 0 Å². The molecule has 0 aliphatic rings. The van der Waals surface area contributed by atoms with Crippen molar-refractivity contribution in [2.45, 2.75) is 19.2 Å². The number of halogens is 1. The van der Waals surface area contributed by atoms with E-state index in [-0.39, 0.29) is 5.38 Å². The second-order valence-corrected chi connectivity index (χ2v) is 3.46. The Morgan fingerprint density at radius 2 is 2.17 bits per heavy atom. The fourth-order valence-corrected chi connectivity index (χ4v) is 1.14. The molecular formula is C10H10ClN. The van der Waals surface area contributed by atoms with Crippen LogP contribution in [-0.4, -0.2) is 0 Å². The molecule has 0 heterocycles. The number of alkyl halides is 1. The standard InChI is InChI=1S/C10H10ClN/c1-7-3-4-9(8(2)11)5-10(7)6-12/h3-5,8H,1-2H3. The minimum absolute atomic E-state index is 0.0299. The molecule has 0 fully saturated rings. The van der Waals surface area contributed by atoms with Gasteiger partial charge in [-0.3, -0.25) is 0 Å². The molecule has 62 valence electrons. The number of hydrogen-bond acceptors (Lipinski definition) is 1. The lowest BCUT2D eigenvalue weighted by atomic mass is 10.0. The van der Waals surface area contributed by atoms with Crippen molar-refractivity contribution >= 4 is 11.6 Å². The van der Waals surface area contributed by atoms with Gasteiger partial charge in [0.2, 0.25) is 0 Å². The lowest BCUT2D eigenvalue weighted by molar-refractivity contribution is 1.08. The molecule has 12 heavy (non-hydrogen) atoms. The minimum Gasteiger partial charge on any atom is -0.192 e. The number of hydrogen-bond donors (Lipinski definition) is 0. The topological polar surface area (TPSA) is 23.8 Å². The van der Waals surface area contributed by atoms with Crippen LogP contribution in [0.1, 0.15) is 29.0 Å². The Morgan fingerprint density at radius 1 is 1.50 bits per heavy atom. The monoisotopic (exact) mass is 179 g/mol. The summed E-state index contributed by atoms with van der Waals surface area (Å²) in [7, 11) is 0. The minimum atomic E-state index is -0.0299. The Balaban J connectivity index is 3.16. The highest BCUT2D eigenvalue weighted by atomic mass is 35.5. The van der Waals surface area contributed by atoms with Gasteiger partial charge in [-0.1, -0.05) is 12.1 Å². The van der Waals surface area contributed by atoms with Crippen LogP contribution in [0.2, 0.25) is 0 Å². The van der Waals surface area contributed by atoms with E-state index in [1.54, 1.807) is 0 Å². The molecule has 0 aliphatic carbocycles. The number of rotatable bonds is 1. The first-order valence-corrected chi connectivity index (χ1v) is 4.23. The molecule has 0 aromatic heterocycles. The zero-order valence-corrected chi connectivity index (χ0v) is 7.89. The largest absolute Gasteiger partial charge is 0.192 e. The molecule has 1 atom stereocenters. The highest BCUT2D eigenvalue weighted by Gasteiger charge is 2.03. The van der Waals surface area contributed by atoms with Gasteiger partial charge in [0.1, 0.15) is 0 Å². The Labute approximate surface area is 77.6 Å². The lowest BCUT2D eigenvalue weighted by Gasteiger charge is -2.04. The molecule has 1 unspecified atom stereocenters. The van der Waals surface area contributed by atoms with Crippen molar-refractivity contribution < 1.29 is 0 Å². The third kappa shape index (κ3) is 1.78. The third-order valence-corrected chi connectivity index (χ3v) is 2.09. The number of aryl methyl sites for hydroxylation is 1. The SMILES string of the molecule is Cc1ccc(C(C)Cl)cc1C#N. The maximum Gasteiger partial charge on any atom is 0.0994 e. The Kier molecular flexibility index (Phi) is 2.73. The van der Waals surface area contributed by atoms with E-state index in [2.05, 4.69) is 6.07 Å². The van der Waals surface area contributed by atoms with Crippen LogP contribution in [-0.2, 0) is 0 Å². The molecule has 0 spiro atoms. The van der Waals surface area contributed by atoms with Gasteiger partial charge in [-0.05, 0) is 31.0 Å². The van der Waals surface area contributed by atoms with E-state index in [4.69, 9.17) is 16.9 Å². The van der Waals surface area contributed by atoms with Crippen LogP contribution < -0.4 is 0 Å². The van der Waals surface area contributed by atoms with Crippen molar-refractivity contribution in [3.63, 3.8) is 0 Å².